The molecular formula is C33H42FN5O3. The maximum Gasteiger partial charge on any atom is 0.227 e. The Hall–Kier alpha value is -3.01. The lowest BCUT2D eigenvalue weighted by molar-refractivity contribution is 0.00155. The summed E-state index contributed by atoms with van der Waals surface area (Å²) >= 11 is 0. The topological polar surface area (TPSA) is 82.5 Å². The van der Waals surface area contributed by atoms with Crippen LogP contribution in [0.1, 0.15) is 74.5 Å². The van der Waals surface area contributed by atoms with Crippen LogP contribution >= 0.6 is 0 Å². The Morgan fingerprint density at radius 2 is 1.98 bits per heavy atom. The second-order valence-corrected chi connectivity index (χ2v) is 12.6. The molecule has 224 valence electrons. The number of benzene rings is 1. The fraction of sp³-hybridized carbons (Fsp3) is 0.576. The van der Waals surface area contributed by atoms with Crippen molar-refractivity contribution < 1.29 is 19.0 Å². The molecule has 0 radical (unpaired) electrons. The number of aromatic hydroxyl groups is 1. The Bertz CT molecular complexity index is 1380. The molecule has 3 fully saturated rings. The highest BCUT2D eigenvalue weighted by atomic mass is 19.1. The molecule has 0 aliphatic carbocycles. The Morgan fingerprint density at radius 3 is 2.83 bits per heavy atom. The van der Waals surface area contributed by atoms with Crippen molar-refractivity contribution in [3.63, 3.8) is 0 Å². The number of phenolic OH excluding ortho intramolecular Hbond substituents is 1. The minimum Gasteiger partial charge on any atom is -0.508 e. The highest BCUT2D eigenvalue weighted by molar-refractivity contribution is 6.05. The number of phenols is 1. The molecule has 0 amide bonds. The number of pyridine rings is 1. The Balaban J connectivity index is 1.31. The molecule has 6 aliphatic rings. The van der Waals surface area contributed by atoms with Gasteiger partial charge in [-0.3, -0.25) is 9.88 Å². The molecule has 1 aromatic carbocycles. The lowest BCUT2D eigenvalue weighted by atomic mass is 9.95. The number of hydrogen-bond donors (Lipinski definition) is 2. The van der Waals surface area contributed by atoms with Gasteiger partial charge >= 0.3 is 0 Å². The molecule has 6 bridgehead atoms. The third-order valence-electron chi connectivity index (χ3n) is 9.80. The number of fused-ring (bicyclic) bond motifs is 6. The van der Waals surface area contributed by atoms with Gasteiger partial charge in [-0.25, -0.2) is 9.38 Å². The van der Waals surface area contributed by atoms with E-state index in [4.69, 9.17) is 14.5 Å². The number of rotatable bonds is 3. The summed E-state index contributed by atoms with van der Waals surface area (Å²) < 4.78 is 29.6. The number of amidine groups is 1. The molecule has 3 saturated heterocycles. The maximum atomic E-state index is 16.7. The van der Waals surface area contributed by atoms with Crippen LogP contribution in [0.2, 0.25) is 0 Å². The summed E-state index contributed by atoms with van der Waals surface area (Å²) in [6, 6.07) is 3.32. The number of anilines is 1. The van der Waals surface area contributed by atoms with E-state index < -0.39 is 12.2 Å². The number of aliphatic imine (C=N–C) groups is 1. The number of aryl methyl sites for hydroxylation is 1. The summed E-state index contributed by atoms with van der Waals surface area (Å²) in [7, 11) is 0. The summed E-state index contributed by atoms with van der Waals surface area (Å²) in [4.78, 5) is 14.6. The van der Waals surface area contributed by atoms with Crippen LogP contribution in [0.3, 0.4) is 0 Å². The van der Waals surface area contributed by atoms with Crippen LogP contribution in [-0.4, -0.2) is 83.1 Å². The minimum atomic E-state index is -0.707. The highest BCUT2D eigenvalue weighted by Gasteiger charge is 2.45. The number of hydrogen-bond acceptors (Lipinski definition) is 8. The third-order valence-corrected chi connectivity index (χ3v) is 9.80. The third kappa shape index (κ3) is 5.20. The van der Waals surface area contributed by atoms with E-state index in [0.717, 1.165) is 75.7 Å². The quantitative estimate of drug-likeness (QED) is 0.487. The SMILES string of the molecule is Cc1cc(O)cc2c1/C=C/CCCOC1CCCCN(C1)C1=NC(OCC34CCCN3CCC4)Nc3c1cnc-2c3F. The molecule has 2 atom stereocenters. The molecule has 2 aromatic rings. The van der Waals surface area contributed by atoms with E-state index in [1.807, 2.05) is 13.0 Å². The monoisotopic (exact) mass is 575 g/mol. The van der Waals surface area contributed by atoms with Crippen LogP contribution in [-0.2, 0) is 9.47 Å². The highest BCUT2D eigenvalue weighted by Crippen LogP contribution is 2.41. The molecule has 6 aliphatic heterocycles. The molecule has 7 heterocycles. The Morgan fingerprint density at radius 1 is 1.12 bits per heavy atom. The lowest BCUT2D eigenvalue weighted by Crippen LogP contribution is -2.46. The van der Waals surface area contributed by atoms with Gasteiger partial charge in [-0.2, -0.15) is 0 Å². The van der Waals surface area contributed by atoms with Crippen molar-refractivity contribution in [2.75, 3.05) is 44.7 Å². The van der Waals surface area contributed by atoms with E-state index in [0.29, 0.717) is 42.4 Å². The molecular weight excluding hydrogens is 533 g/mol. The Labute approximate surface area is 247 Å². The molecule has 0 saturated carbocycles. The number of nitrogens with one attached hydrogen (secondary N) is 1. The molecule has 8 nitrogen and oxygen atoms in total. The van der Waals surface area contributed by atoms with Crippen molar-refractivity contribution in [1.29, 1.82) is 0 Å². The molecule has 42 heavy (non-hydrogen) atoms. The van der Waals surface area contributed by atoms with Gasteiger partial charge in [0.2, 0.25) is 6.35 Å². The largest absolute Gasteiger partial charge is 0.508 e. The summed E-state index contributed by atoms with van der Waals surface area (Å²) in [6.07, 6.45) is 14.8. The molecule has 0 spiro atoms. The van der Waals surface area contributed by atoms with Gasteiger partial charge in [0, 0.05) is 37.0 Å². The van der Waals surface area contributed by atoms with E-state index in [9.17, 15) is 5.11 Å². The second-order valence-electron chi connectivity index (χ2n) is 12.6. The fourth-order valence-electron chi connectivity index (χ4n) is 7.63. The van der Waals surface area contributed by atoms with Gasteiger partial charge in [0.1, 0.15) is 17.3 Å². The smallest absolute Gasteiger partial charge is 0.227 e. The molecule has 1 aromatic heterocycles. The molecule has 2 N–H and O–H groups in total. The zero-order valence-corrected chi connectivity index (χ0v) is 24.6. The number of ether oxygens (including phenoxy) is 2. The van der Waals surface area contributed by atoms with Crippen LogP contribution in [0.4, 0.5) is 10.1 Å². The summed E-state index contributed by atoms with van der Waals surface area (Å²) in [6.45, 7) is 6.97. The summed E-state index contributed by atoms with van der Waals surface area (Å²) in [5.41, 5.74) is 3.55. The van der Waals surface area contributed by atoms with Crippen molar-refractivity contribution in [1.82, 2.24) is 14.8 Å². The average molecular weight is 576 g/mol. The zero-order chi connectivity index (χ0) is 28.7. The molecule has 8 rings (SSSR count). The van der Waals surface area contributed by atoms with Gasteiger partial charge in [0.25, 0.3) is 0 Å². The first-order valence-electron chi connectivity index (χ1n) is 15.8. The van der Waals surface area contributed by atoms with Gasteiger partial charge in [-0.15, -0.1) is 0 Å². The van der Waals surface area contributed by atoms with Crippen molar-refractivity contribution >= 4 is 17.6 Å². The first-order valence-corrected chi connectivity index (χ1v) is 15.8. The van der Waals surface area contributed by atoms with Gasteiger partial charge in [-0.05, 0) is 101 Å². The predicted molar refractivity (Wildman–Crippen MR) is 162 cm³/mol. The number of nitrogens with zero attached hydrogens (tertiary/aromatic N) is 4. The minimum absolute atomic E-state index is 0.0647. The van der Waals surface area contributed by atoms with Crippen LogP contribution in [0.5, 0.6) is 5.75 Å². The van der Waals surface area contributed by atoms with E-state index in [1.165, 1.54) is 12.8 Å². The maximum absolute atomic E-state index is 16.7. The first-order chi connectivity index (χ1) is 20.5. The Kier molecular flexibility index (Phi) is 7.67. The van der Waals surface area contributed by atoms with E-state index >= 15 is 4.39 Å². The van der Waals surface area contributed by atoms with Gasteiger partial charge in [0.15, 0.2) is 5.82 Å². The van der Waals surface area contributed by atoms with Crippen LogP contribution in [0, 0.1) is 12.7 Å². The normalized spacial score (nSPS) is 26.2. The zero-order valence-electron chi connectivity index (χ0n) is 24.6. The van der Waals surface area contributed by atoms with Crippen molar-refractivity contribution in [2.45, 2.75) is 82.7 Å². The van der Waals surface area contributed by atoms with Gasteiger partial charge in [-0.1, -0.05) is 12.2 Å². The van der Waals surface area contributed by atoms with E-state index in [1.54, 1.807) is 18.3 Å². The standard InChI is InChI=1S/C33H42FN5O3/c1-22-17-23(40)18-26-25(22)10-3-2-6-16-41-24-9-4-5-13-38(20-24)31-27-19-35-29(26)28(34)30(27)36-32(37-31)42-21-33-11-7-14-39(33)15-8-12-33/h3,10,17-19,24,32,36,40H,2,4-9,11-16,20-21H2,1H3/b10-3+. The van der Waals surface area contributed by atoms with Gasteiger partial charge in [0.05, 0.1) is 24.0 Å². The van der Waals surface area contributed by atoms with Crippen molar-refractivity contribution in [3.8, 4) is 17.0 Å². The number of halogens is 1. The average Bonchev–Trinajstić information content (AvgIpc) is 3.47. The van der Waals surface area contributed by atoms with Crippen LogP contribution in [0.25, 0.3) is 17.3 Å². The van der Waals surface area contributed by atoms with Gasteiger partial charge < -0.3 is 24.8 Å². The summed E-state index contributed by atoms with van der Waals surface area (Å²) in [5, 5.41) is 13.8. The van der Waals surface area contributed by atoms with E-state index in [-0.39, 0.29) is 23.1 Å². The molecule has 9 heteroatoms. The van der Waals surface area contributed by atoms with Crippen molar-refractivity contribution in [2.24, 2.45) is 4.99 Å². The first kappa shape index (κ1) is 27.8. The number of aromatic nitrogens is 1. The lowest BCUT2D eigenvalue weighted by Gasteiger charge is -2.36. The number of allylic oxidation sites excluding steroid dienone is 1. The fourth-order valence-corrected chi connectivity index (χ4v) is 7.63. The van der Waals surface area contributed by atoms with Crippen LogP contribution in [0.15, 0.2) is 29.4 Å². The summed E-state index contributed by atoms with van der Waals surface area (Å²) in [5.74, 6) is 0.350. The van der Waals surface area contributed by atoms with Crippen LogP contribution < -0.4 is 5.32 Å². The predicted octanol–water partition coefficient (Wildman–Crippen LogP) is 5.68. The van der Waals surface area contributed by atoms with Crippen molar-refractivity contribution in [3.05, 3.63) is 46.9 Å². The van der Waals surface area contributed by atoms with E-state index in [2.05, 4.69) is 26.2 Å². The molecule has 2 unspecified atom stereocenters. The second kappa shape index (κ2) is 11.6.